The van der Waals surface area contributed by atoms with Crippen LogP contribution in [0.3, 0.4) is 0 Å². The minimum absolute atomic E-state index is 0.138. The molecule has 1 aromatic heterocycles. The van der Waals surface area contributed by atoms with Gasteiger partial charge in [-0.25, -0.2) is 0 Å². The van der Waals surface area contributed by atoms with E-state index in [4.69, 9.17) is 4.52 Å². The van der Waals surface area contributed by atoms with Gasteiger partial charge in [-0.05, 0) is 13.8 Å². The zero-order valence-corrected chi connectivity index (χ0v) is 6.76. The molecule has 0 fully saturated rings. The van der Waals surface area contributed by atoms with Gasteiger partial charge in [0.25, 0.3) is 0 Å². The molecule has 1 rings (SSSR count). The predicted molar refractivity (Wildman–Crippen MR) is 40.3 cm³/mol. The number of carbonyl (C=O) groups excluding carboxylic acids is 1. The number of rotatable bonds is 1. The summed E-state index contributed by atoms with van der Waals surface area (Å²) in [4.78, 5) is 10.6. The van der Waals surface area contributed by atoms with Crippen LogP contribution in [0.5, 0.6) is 0 Å². The molecule has 1 N–H and O–H groups in total. The molecular formula is C7H10N2O2. The Kier molecular flexibility index (Phi) is 1.94. The molecule has 0 aromatic carbocycles. The Morgan fingerprint density at radius 2 is 2.18 bits per heavy atom. The maximum Gasteiger partial charge on any atom is 0.222 e. The Balaban J connectivity index is 2.87. The van der Waals surface area contributed by atoms with Crippen LogP contribution in [0, 0.1) is 13.8 Å². The van der Waals surface area contributed by atoms with Gasteiger partial charge in [-0.1, -0.05) is 5.16 Å². The molecule has 0 unspecified atom stereocenters. The van der Waals surface area contributed by atoms with E-state index in [9.17, 15) is 4.79 Å². The third-order valence-corrected chi connectivity index (χ3v) is 1.45. The van der Waals surface area contributed by atoms with Crippen molar-refractivity contribution in [3.63, 3.8) is 0 Å². The maximum absolute atomic E-state index is 10.6. The molecule has 0 atom stereocenters. The highest BCUT2D eigenvalue weighted by Crippen LogP contribution is 2.15. The largest absolute Gasteiger partial charge is 0.359 e. The van der Waals surface area contributed by atoms with Crippen molar-refractivity contribution < 1.29 is 9.32 Å². The van der Waals surface area contributed by atoms with Gasteiger partial charge in [-0.15, -0.1) is 0 Å². The van der Waals surface area contributed by atoms with Crippen molar-refractivity contribution in [2.45, 2.75) is 20.8 Å². The Hall–Kier alpha value is -1.32. The van der Waals surface area contributed by atoms with Crippen LogP contribution in [-0.4, -0.2) is 11.1 Å². The van der Waals surface area contributed by atoms with E-state index in [1.54, 1.807) is 6.92 Å². The van der Waals surface area contributed by atoms with Crippen molar-refractivity contribution in [1.82, 2.24) is 5.16 Å². The summed E-state index contributed by atoms with van der Waals surface area (Å²) in [6.45, 7) is 5.08. The topological polar surface area (TPSA) is 55.1 Å². The van der Waals surface area contributed by atoms with Gasteiger partial charge in [0.2, 0.25) is 5.91 Å². The number of aryl methyl sites for hydroxylation is 1. The van der Waals surface area contributed by atoms with Crippen LogP contribution in [0.4, 0.5) is 5.82 Å². The number of nitrogens with zero attached hydrogens (tertiary/aromatic N) is 1. The first-order chi connectivity index (χ1) is 5.11. The molecule has 0 aliphatic rings. The lowest BCUT2D eigenvalue weighted by Gasteiger charge is -1.94. The summed E-state index contributed by atoms with van der Waals surface area (Å²) < 4.78 is 4.83. The molecule has 0 saturated carbocycles. The van der Waals surface area contributed by atoms with E-state index < -0.39 is 0 Å². The number of hydrogen-bond donors (Lipinski definition) is 1. The molecule has 0 saturated heterocycles. The van der Waals surface area contributed by atoms with Crippen molar-refractivity contribution in [3.05, 3.63) is 11.3 Å². The molecule has 1 heterocycles. The number of hydrogen-bond acceptors (Lipinski definition) is 3. The third-order valence-electron chi connectivity index (χ3n) is 1.45. The molecule has 0 radical (unpaired) electrons. The predicted octanol–water partition coefficient (Wildman–Crippen LogP) is 1.25. The fourth-order valence-electron chi connectivity index (χ4n) is 0.701. The van der Waals surface area contributed by atoms with E-state index in [0.29, 0.717) is 5.82 Å². The second kappa shape index (κ2) is 2.74. The highest BCUT2D eigenvalue weighted by atomic mass is 16.5. The summed E-state index contributed by atoms with van der Waals surface area (Å²) >= 11 is 0. The van der Waals surface area contributed by atoms with E-state index in [1.165, 1.54) is 6.92 Å². The molecule has 0 aliphatic carbocycles. The molecule has 1 amide bonds. The van der Waals surface area contributed by atoms with E-state index in [2.05, 4.69) is 10.5 Å². The Bertz CT molecular complexity index is 278. The second-order valence-corrected chi connectivity index (χ2v) is 2.39. The number of carbonyl (C=O) groups is 1. The molecule has 4 heteroatoms. The lowest BCUT2D eigenvalue weighted by molar-refractivity contribution is -0.114. The number of amides is 1. The summed E-state index contributed by atoms with van der Waals surface area (Å²) in [7, 11) is 0. The van der Waals surface area contributed by atoms with E-state index in [-0.39, 0.29) is 5.91 Å². The summed E-state index contributed by atoms with van der Waals surface area (Å²) in [5.74, 6) is 1.10. The van der Waals surface area contributed by atoms with E-state index in [1.807, 2.05) is 6.92 Å². The average Bonchev–Trinajstić information content (AvgIpc) is 2.18. The number of aromatic nitrogens is 1. The average molecular weight is 154 g/mol. The maximum atomic E-state index is 10.6. The normalized spacial score (nSPS) is 9.73. The SMILES string of the molecule is CC(=O)Nc1noc(C)c1C. The highest BCUT2D eigenvalue weighted by molar-refractivity contribution is 5.88. The zero-order valence-electron chi connectivity index (χ0n) is 6.76. The molecular weight excluding hydrogens is 144 g/mol. The van der Waals surface area contributed by atoms with Crippen molar-refractivity contribution in [1.29, 1.82) is 0 Å². The Morgan fingerprint density at radius 1 is 1.55 bits per heavy atom. The summed E-state index contributed by atoms with van der Waals surface area (Å²) in [5, 5.41) is 6.20. The minimum Gasteiger partial charge on any atom is -0.359 e. The quantitative estimate of drug-likeness (QED) is 0.662. The van der Waals surface area contributed by atoms with Crippen LogP contribution in [0.15, 0.2) is 4.52 Å². The van der Waals surface area contributed by atoms with Gasteiger partial charge in [-0.2, -0.15) is 0 Å². The fourth-order valence-corrected chi connectivity index (χ4v) is 0.701. The second-order valence-electron chi connectivity index (χ2n) is 2.39. The van der Waals surface area contributed by atoms with Gasteiger partial charge in [0, 0.05) is 12.5 Å². The van der Waals surface area contributed by atoms with Crippen molar-refractivity contribution in [3.8, 4) is 0 Å². The van der Waals surface area contributed by atoms with E-state index >= 15 is 0 Å². The molecule has 4 nitrogen and oxygen atoms in total. The minimum atomic E-state index is -0.138. The summed E-state index contributed by atoms with van der Waals surface area (Å²) in [6, 6.07) is 0. The van der Waals surface area contributed by atoms with Crippen LogP contribution >= 0.6 is 0 Å². The molecule has 0 bridgehead atoms. The van der Waals surface area contributed by atoms with Crippen LogP contribution < -0.4 is 5.32 Å². The van der Waals surface area contributed by atoms with Gasteiger partial charge in [-0.3, -0.25) is 4.79 Å². The summed E-state index contributed by atoms with van der Waals surface area (Å²) in [6.07, 6.45) is 0. The van der Waals surface area contributed by atoms with Crippen LogP contribution in [0.1, 0.15) is 18.2 Å². The summed E-state index contributed by atoms with van der Waals surface area (Å²) in [5.41, 5.74) is 0.875. The van der Waals surface area contributed by atoms with Crippen LogP contribution in [-0.2, 0) is 4.79 Å². The van der Waals surface area contributed by atoms with E-state index in [0.717, 1.165) is 11.3 Å². The zero-order chi connectivity index (χ0) is 8.43. The van der Waals surface area contributed by atoms with Gasteiger partial charge in [0.1, 0.15) is 5.76 Å². The Morgan fingerprint density at radius 3 is 2.55 bits per heavy atom. The molecule has 0 aliphatic heterocycles. The highest BCUT2D eigenvalue weighted by Gasteiger charge is 2.07. The van der Waals surface area contributed by atoms with Gasteiger partial charge < -0.3 is 9.84 Å². The standard InChI is InChI=1S/C7H10N2O2/c1-4-5(2)11-9-7(4)8-6(3)10/h1-3H3,(H,8,9,10). The van der Waals surface area contributed by atoms with Gasteiger partial charge in [0.15, 0.2) is 5.82 Å². The molecule has 60 valence electrons. The first-order valence-electron chi connectivity index (χ1n) is 3.31. The monoisotopic (exact) mass is 154 g/mol. The lowest BCUT2D eigenvalue weighted by atomic mass is 10.3. The van der Waals surface area contributed by atoms with Gasteiger partial charge in [0.05, 0.1) is 0 Å². The number of anilines is 1. The first kappa shape index (κ1) is 7.78. The van der Waals surface area contributed by atoms with Crippen molar-refractivity contribution in [2.75, 3.05) is 5.32 Å². The molecule has 0 spiro atoms. The van der Waals surface area contributed by atoms with Crippen LogP contribution in [0.25, 0.3) is 0 Å². The Labute approximate surface area is 64.6 Å². The van der Waals surface area contributed by atoms with Crippen molar-refractivity contribution in [2.24, 2.45) is 0 Å². The fraction of sp³-hybridized carbons (Fsp3) is 0.429. The van der Waals surface area contributed by atoms with Gasteiger partial charge >= 0.3 is 0 Å². The molecule has 1 aromatic rings. The van der Waals surface area contributed by atoms with Crippen molar-refractivity contribution >= 4 is 11.7 Å². The smallest absolute Gasteiger partial charge is 0.222 e. The first-order valence-corrected chi connectivity index (χ1v) is 3.31. The van der Waals surface area contributed by atoms with Crippen LogP contribution in [0.2, 0.25) is 0 Å². The third kappa shape index (κ3) is 1.58. The lowest BCUT2D eigenvalue weighted by Crippen LogP contribution is -2.06. The molecule has 11 heavy (non-hydrogen) atoms. The number of nitrogens with one attached hydrogen (secondary N) is 1.